The monoisotopic (exact) mass is 397 g/mol. The van der Waals surface area contributed by atoms with Crippen LogP contribution in [0.5, 0.6) is 0 Å². The standard InChI is InChI=1S/C15H10Cl3N5O2/c16-9-4-1-2-7-12(9)23-15(25)22(20-21-23)8-13(24)19-11-6-3-5-10(17)14(11)18/h1-7H,8H2,(H,19,24). The van der Waals surface area contributed by atoms with Gasteiger partial charge in [-0.2, -0.15) is 9.36 Å². The van der Waals surface area contributed by atoms with E-state index < -0.39 is 11.6 Å². The number of nitrogens with one attached hydrogen (secondary N) is 1. The van der Waals surface area contributed by atoms with E-state index >= 15 is 0 Å². The van der Waals surface area contributed by atoms with E-state index in [2.05, 4.69) is 15.7 Å². The van der Waals surface area contributed by atoms with Crippen molar-refractivity contribution >= 4 is 46.4 Å². The van der Waals surface area contributed by atoms with Crippen LogP contribution in [0, 0.1) is 0 Å². The molecule has 128 valence electrons. The summed E-state index contributed by atoms with van der Waals surface area (Å²) in [7, 11) is 0. The first kappa shape index (κ1) is 17.5. The number of amides is 1. The normalized spacial score (nSPS) is 10.7. The maximum Gasteiger partial charge on any atom is 0.369 e. The number of halogens is 3. The van der Waals surface area contributed by atoms with Gasteiger partial charge in [-0.25, -0.2) is 4.79 Å². The third kappa shape index (κ3) is 3.68. The van der Waals surface area contributed by atoms with Crippen LogP contribution in [0.4, 0.5) is 5.69 Å². The fraction of sp³-hybridized carbons (Fsp3) is 0.0667. The largest absolute Gasteiger partial charge is 0.369 e. The van der Waals surface area contributed by atoms with Gasteiger partial charge in [0, 0.05) is 0 Å². The van der Waals surface area contributed by atoms with Crippen molar-refractivity contribution in [2.75, 3.05) is 5.32 Å². The van der Waals surface area contributed by atoms with Crippen molar-refractivity contribution in [1.29, 1.82) is 0 Å². The zero-order valence-corrected chi connectivity index (χ0v) is 14.8. The number of para-hydroxylation sites is 1. The Labute approximate surface area is 156 Å². The quantitative estimate of drug-likeness (QED) is 0.732. The molecule has 0 spiro atoms. The number of carbonyl (C=O) groups is 1. The maximum absolute atomic E-state index is 12.3. The number of hydrogen-bond acceptors (Lipinski definition) is 4. The van der Waals surface area contributed by atoms with Crippen LogP contribution in [-0.2, 0) is 11.3 Å². The summed E-state index contributed by atoms with van der Waals surface area (Å²) in [4.78, 5) is 24.5. The molecule has 1 N–H and O–H groups in total. The molecule has 2 aromatic carbocycles. The molecule has 1 amide bonds. The summed E-state index contributed by atoms with van der Waals surface area (Å²) >= 11 is 17.9. The first-order chi connectivity index (χ1) is 12.0. The van der Waals surface area contributed by atoms with Crippen LogP contribution in [0.3, 0.4) is 0 Å². The molecule has 7 nitrogen and oxygen atoms in total. The second-order valence-electron chi connectivity index (χ2n) is 4.93. The molecule has 0 aliphatic heterocycles. The minimum atomic E-state index is -0.597. The molecule has 1 aromatic heterocycles. The Balaban J connectivity index is 1.80. The molecule has 0 atom stereocenters. The minimum Gasteiger partial charge on any atom is -0.323 e. The molecule has 25 heavy (non-hydrogen) atoms. The average molecular weight is 399 g/mol. The zero-order valence-electron chi connectivity index (χ0n) is 12.5. The Kier molecular flexibility index (Phi) is 5.08. The van der Waals surface area contributed by atoms with Crippen molar-refractivity contribution in [3.63, 3.8) is 0 Å². The molecule has 3 aromatic rings. The molecule has 0 saturated carbocycles. The van der Waals surface area contributed by atoms with E-state index in [1.807, 2.05) is 0 Å². The van der Waals surface area contributed by atoms with Crippen LogP contribution in [-0.4, -0.2) is 25.7 Å². The topological polar surface area (TPSA) is 81.8 Å². The number of carbonyl (C=O) groups excluding carboxylic acids is 1. The van der Waals surface area contributed by atoms with Gasteiger partial charge in [0.25, 0.3) is 0 Å². The van der Waals surface area contributed by atoms with Gasteiger partial charge in [0.15, 0.2) is 0 Å². The van der Waals surface area contributed by atoms with Crippen LogP contribution < -0.4 is 11.0 Å². The summed E-state index contributed by atoms with van der Waals surface area (Å²) < 4.78 is 1.93. The predicted octanol–water partition coefficient (Wildman–Crippen LogP) is 3.03. The highest BCUT2D eigenvalue weighted by molar-refractivity contribution is 6.44. The van der Waals surface area contributed by atoms with Gasteiger partial charge < -0.3 is 5.32 Å². The zero-order chi connectivity index (χ0) is 18.0. The Hall–Kier alpha value is -2.35. The molecule has 0 radical (unpaired) electrons. The molecule has 0 aliphatic carbocycles. The van der Waals surface area contributed by atoms with Crippen LogP contribution in [0.1, 0.15) is 0 Å². The van der Waals surface area contributed by atoms with Crippen LogP contribution in [0.15, 0.2) is 47.3 Å². The highest BCUT2D eigenvalue weighted by Crippen LogP contribution is 2.29. The van der Waals surface area contributed by atoms with Gasteiger partial charge >= 0.3 is 5.69 Å². The SMILES string of the molecule is O=C(Cn1nnn(-c2ccccc2Cl)c1=O)Nc1cccc(Cl)c1Cl. The van der Waals surface area contributed by atoms with Crippen molar-refractivity contribution in [2.45, 2.75) is 6.54 Å². The fourth-order valence-corrected chi connectivity index (χ4v) is 2.64. The third-order valence-corrected chi connectivity index (χ3v) is 4.38. The third-order valence-electron chi connectivity index (χ3n) is 3.24. The van der Waals surface area contributed by atoms with Crippen LogP contribution in [0.25, 0.3) is 5.69 Å². The second kappa shape index (κ2) is 7.26. The Morgan fingerprint density at radius 3 is 2.48 bits per heavy atom. The maximum atomic E-state index is 12.3. The van der Waals surface area contributed by atoms with Crippen LogP contribution in [0.2, 0.25) is 15.1 Å². The van der Waals surface area contributed by atoms with Crippen molar-refractivity contribution < 1.29 is 4.79 Å². The van der Waals surface area contributed by atoms with E-state index in [-0.39, 0.29) is 11.6 Å². The summed E-state index contributed by atoms with van der Waals surface area (Å²) in [6, 6.07) is 11.5. The molecular formula is C15H10Cl3N5O2. The number of rotatable bonds is 4. The second-order valence-corrected chi connectivity index (χ2v) is 6.12. The minimum absolute atomic E-state index is 0.213. The first-order valence-electron chi connectivity index (χ1n) is 6.99. The summed E-state index contributed by atoms with van der Waals surface area (Å²) in [5.41, 5.74) is 0.116. The lowest BCUT2D eigenvalue weighted by Gasteiger charge is -2.07. The molecule has 0 unspecified atom stereocenters. The van der Waals surface area contributed by atoms with Gasteiger partial charge in [0.05, 0.1) is 26.4 Å². The number of hydrogen-bond donors (Lipinski definition) is 1. The van der Waals surface area contributed by atoms with E-state index in [9.17, 15) is 9.59 Å². The molecule has 0 aliphatic rings. The van der Waals surface area contributed by atoms with E-state index in [0.717, 1.165) is 9.36 Å². The van der Waals surface area contributed by atoms with E-state index in [1.165, 1.54) is 0 Å². The van der Waals surface area contributed by atoms with Gasteiger partial charge in [-0.1, -0.05) is 53.0 Å². The van der Waals surface area contributed by atoms with Crippen LogP contribution >= 0.6 is 34.8 Å². The van der Waals surface area contributed by atoms with E-state index in [1.54, 1.807) is 42.5 Å². The first-order valence-corrected chi connectivity index (χ1v) is 8.12. The number of anilines is 1. The summed E-state index contributed by atoms with van der Waals surface area (Å²) in [5.74, 6) is -0.502. The molecule has 0 bridgehead atoms. The lowest BCUT2D eigenvalue weighted by molar-refractivity contribution is -0.117. The summed E-state index contributed by atoms with van der Waals surface area (Å²) in [6.45, 7) is -0.341. The van der Waals surface area contributed by atoms with Gasteiger partial charge in [-0.3, -0.25) is 4.79 Å². The van der Waals surface area contributed by atoms with Gasteiger partial charge in [0.2, 0.25) is 5.91 Å². The summed E-state index contributed by atoms with van der Waals surface area (Å²) in [6.07, 6.45) is 0. The van der Waals surface area contributed by atoms with Crippen molar-refractivity contribution in [3.05, 3.63) is 68.0 Å². The van der Waals surface area contributed by atoms with Gasteiger partial charge in [-0.15, -0.1) is 0 Å². The summed E-state index contributed by atoms with van der Waals surface area (Å²) in [5, 5.41) is 10.9. The van der Waals surface area contributed by atoms with E-state index in [0.29, 0.717) is 21.4 Å². The Bertz CT molecular complexity index is 999. The molecule has 10 heteroatoms. The van der Waals surface area contributed by atoms with Gasteiger partial charge in [0.1, 0.15) is 6.54 Å². The van der Waals surface area contributed by atoms with Crippen molar-refractivity contribution in [3.8, 4) is 5.69 Å². The molecule has 0 saturated heterocycles. The molecular weight excluding hydrogens is 389 g/mol. The fourth-order valence-electron chi connectivity index (χ4n) is 2.07. The predicted molar refractivity (Wildman–Crippen MR) is 95.7 cm³/mol. The molecule has 3 rings (SSSR count). The number of benzene rings is 2. The highest BCUT2D eigenvalue weighted by Gasteiger charge is 2.15. The van der Waals surface area contributed by atoms with Crippen molar-refractivity contribution in [2.24, 2.45) is 0 Å². The number of tetrazole rings is 1. The molecule has 0 fully saturated rings. The van der Waals surface area contributed by atoms with Crippen molar-refractivity contribution in [1.82, 2.24) is 19.8 Å². The average Bonchev–Trinajstić information content (AvgIpc) is 2.93. The number of nitrogens with zero attached hydrogens (tertiary/aromatic N) is 4. The Morgan fingerprint density at radius 1 is 1.00 bits per heavy atom. The smallest absolute Gasteiger partial charge is 0.323 e. The molecule has 1 heterocycles. The Morgan fingerprint density at radius 2 is 1.72 bits per heavy atom. The lowest BCUT2D eigenvalue weighted by atomic mass is 10.3. The van der Waals surface area contributed by atoms with E-state index in [4.69, 9.17) is 34.8 Å². The number of aromatic nitrogens is 4. The highest BCUT2D eigenvalue weighted by atomic mass is 35.5. The lowest BCUT2D eigenvalue weighted by Crippen LogP contribution is -2.29. The van der Waals surface area contributed by atoms with Gasteiger partial charge in [-0.05, 0) is 34.7 Å².